The fraction of sp³-hybridized carbons (Fsp3) is 1.00. The van der Waals surface area contributed by atoms with Gasteiger partial charge in [0, 0.05) is 32.2 Å². The third-order valence-corrected chi connectivity index (χ3v) is 4.47. The minimum Gasteiger partial charge on any atom is -0.379 e. The number of hydrogen-bond donors (Lipinski definition) is 2. The van der Waals surface area contributed by atoms with E-state index in [9.17, 15) is 8.42 Å². The Kier molecular flexibility index (Phi) is 7.86. The van der Waals surface area contributed by atoms with Crippen molar-refractivity contribution in [3.8, 4) is 0 Å². The summed E-state index contributed by atoms with van der Waals surface area (Å²) in [6, 6.07) is 0.400. The molecular weight excluding hydrogens is 266 g/mol. The van der Waals surface area contributed by atoms with Crippen LogP contribution in [0.15, 0.2) is 0 Å². The van der Waals surface area contributed by atoms with Gasteiger partial charge >= 0.3 is 0 Å². The largest absolute Gasteiger partial charge is 0.379 e. The van der Waals surface area contributed by atoms with Crippen LogP contribution in [0.2, 0.25) is 0 Å². The summed E-state index contributed by atoms with van der Waals surface area (Å²) in [4.78, 5) is 2.21. The zero-order valence-electron chi connectivity index (χ0n) is 12.0. The van der Waals surface area contributed by atoms with E-state index in [0.29, 0.717) is 19.0 Å². The molecule has 0 aromatic carbocycles. The number of morpholine rings is 1. The summed E-state index contributed by atoms with van der Waals surface area (Å²) < 4.78 is 31.4. The lowest BCUT2D eigenvalue weighted by molar-refractivity contribution is 0.0390. The van der Waals surface area contributed by atoms with Gasteiger partial charge in [-0.1, -0.05) is 13.8 Å². The molecule has 0 aliphatic carbocycles. The molecule has 1 aliphatic rings. The van der Waals surface area contributed by atoms with Crippen molar-refractivity contribution >= 4 is 10.0 Å². The van der Waals surface area contributed by atoms with E-state index in [1.54, 1.807) is 0 Å². The minimum absolute atomic E-state index is 0.190. The molecule has 1 heterocycles. The highest BCUT2D eigenvalue weighted by Gasteiger charge is 2.12. The lowest BCUT2D eigenvalue weighted by Gasteiger charge is -2.26. The van der Waals surface area contributed by atoms with E-state index in [1.807, 2.05) is 0 Å². The van der Waals surface area contributed by atoms with Gasteiger partial charge in [-0.3, -0.25) is 4.90 Å². The number of nitrogens with one attached hydrogen (secondary N) is 2. The molecule has 0 atom stereocenters. The standard InChI is InChI=1S/C12H27N3O3S/c1-12(2)13-4-3-11-19(16,17)14-5-6-15-7-9-18-10-8-15/h12-14H,3-11H2,1-2H3. The van der Waals surface area contributed by atoms with Crippen LogP contribution in [0.25, 0.3) is 0 Å². The monoisotopic (exact) mass is 293 g/mol. The van der Waals surface area contributed by atoms with Crippen LogP contribution < -0.4 is 10.0 Å². The van der Waals surface area contributed by atoms with Crippen molar-refractivity contribution in [2.24, 2.45) is 0 Å². The van der Waals surface area contributed by atoms with Gasteiger partial charge in [0.25, 0.3) is 0 Å². The average molecular weight is 293 g/mol. The van der Waals surface area contributed by atoms with Crippen molar-refractivity contribution in [3.05, 3.63) is 0 Å². The fourth-order valence-electron chi connectivity index (χ4n) is 1.91. The van der Waals surface area contributed by atoms with Crippen LogP contribution in [0.4, 0.5) is 0 Å². The maximum Gasteiger partial charge on any atom is 0.211 e. The van der Waals surface area contributed by atoms with Crippen LogP contribution in [0.1, 0.15) is 20.3 Å². The topological polar surface area (TPSA) is 70.7 Å². The zero-order chi connectivity index (χ0) is 14.1. The Hall–Kier alpha value is -0.210. The summed E-state index contributed by atoms with van der Waals surface area (Å²) >= 11 is 0. The molecule has 0 radical (unpaired) electrons. The highest BCUT2D eigenvalue weighted by Crippen LogP contribution is 1.96. The van der Waals surface area contributed by atoms with Crippen LogP contribution in [-0.2, 0) is 14.8 Å². The second-order valence-corrected chi connectivity index (χ2v) is 7.06. The molecule has 0 bridgehead atoms. The van der Waals surface area contributed by atoms with E-state index >= 15 is 0 Å². The van der Waals surface area contributed by atoms with Crippen LogP contribution in [-0.4, -0.2) is 71.0 Å². The highest BCUT2D eigenvalue weighted by atomic mass is 32.2. The molecule has 1 rings (SSSR count). The van der Waals surface area contributed by atoms with Crippen molar-refractivity contribution in [2.45, 2.75) is 26.3 Å². The van der Waals surface area contributed by atoms with E-state index in [2.05, 4.69) is 28.8 Å². The average Bonchev–Trinajstić information content (AvgIpc) is 2.36. The van der Waals surface area contributed by atoms with Crippen LogP contribution in [0.5, 0.6) is 0 Å². The van der Waals surface area contributed by atoms with Gasteiger partial charge in [0.2, 0.25) is 10.0 Å². The summed E-state index contributed by atoms with van der Waals surface area (Å²) in [7, 11) is -3.13. The van der Waals surface area contributed by atoms with Crippen molar-refractivity contribution in [1.29, 1.82) is 0 Å². The van der Waals surface area contributed by atoms with E-state index in [4.69, 9.17) is 4.74 Å². The molecule has 114 valence electrons. The molecule has 6 nitrogen and oxygen atoms in total. The zero-order valence-corrected chi connectivity index (χ0v) is 12.8. The Morgan fingerprint density at radius 2 is 1.89 bits per heavy atom. The molecule has 1 fully saturated rings. The minimum atomic E-state index is -3.13. The number of rotatable bonds is 9. The van der Waals surface area contributed by atoms with Crippen LogP contribution in [0.3, 0.4) is 0 Å². The maximum absolute atomic E-state index is 11.7. The number of nitrogens with zero attached hydrogens (tertiary/aromatic N) is 1. The Balaban J connectivity index is 2.08. The fourth-order valence-corrected chi connectivity index (χ4v) is 2.98. The molecule has 1 saturated heterocycles. The van der Waals surface area contributed by atoms with Gasteiger partial charge in [-0.25, -0.2) is 13.1 Å². The number of sulfonamides is 1. The van der Waals surface area contributed by atoms with Gasteiger partial charge in [-0.05, 0) is 13.0 Å². The van der Waals surface area contributed by atoms with E-state index in [0.717, 1.165) is 39.4 Å². The molecule has 0 aromatic rings. The normalized spacial score (nSPS) is 18.1. The third kappa shape index (κ3) is 8.54. The second kappa shape index (κ2) is 8.86. The summed E-state index contributed by atoms with van der Waals surface area (Å²) in [6.45, 7) is 9.35. The third-order valence-electron chi connectivity index (χ3n) is 3.00. The Bertz CT molecular complexity index is 327. The highest BCUT2D eigenvalue weighted by molar-refractivity contribution is 7.89. The van der Waals surface area contributed by atoms with Crippen molar-refractivity contribution in [3.63, 3.8) is 0 Å². The van der Waals surface area contributed by atoms with Crippen molar-refractivity contribution in [2.75, 3.05) is 51.7 Å². The molecular formula is C12H27N3O3S. The SMILES string of the molecule is CC(C)NCCCS(=O)(=O)NCCN1CCOCC1. The maximum atomic E-state index is 11.7. The van der Waals surface area contributed by atoms with Gasteiger partial charge in [-0.15, -0.1) is 0 Å². The first-order valence-corrected chi connectivity index (χ1v) is 8.65. The first-order chi connectivity index (χ1) is 8.99. The number of ether oxygens (including phenoxy) is 1. The molecule has 7 heteroatoms. The molecule has 2 N–H and O–H groups in total. The van der Waals surface area contributed by atoms with Gasteiger partial charge in [-0.2, -0.15) is 0 Å². The molecule has 0 spiro atoms. The Labute approximate surface area is 116 Å². The summed E-state index contributed by atoms with van der Waals surface area (Å²) in [6.07, 6.45) is 0.644. The van der Waals surface area contributed by atoms with Gasteiger partial charge in [0.1, 0.15) is 0 Å². The summed E-state index contributed by atoms with van der Waals surface area (Å²) in [5, 5.41) is 3.21. The molecule has 0 aromatic heterocycles. The van der Waals surface area contributed by atoms with Crippen molar-refractivity contribution < 1.29 is 13.2 Å². The lowest BCUT2D eigenvalue weighted by atomic mass is 10.4. The van der Waals surface area contributed by atoms with Crippen LogP contribution in [0, 0.1) is 0 Å². The quantitative estimate of drug-likeness (QED) is 0.568. The second-order valence-electron chi connectivity index (χ2n) is 5.13. The first kappa shape index (κ1) is 16.8. The van der Waals surface area contributed by atoms with E-state index in [1.165, 1.54) is 0 Å². The van der Waals surface area contributed by atoms with Gasteiger partial charge in [0.15, 0.2) is 0 Å². The lowest BCUT2D eigenvalue weighted by Crippen LogP contribution is -2.41. The number of hydrogen-bond acceptors (Lipinski definition) is 5. The summed E-state index contributed by atoms with van der Waals surface area (Å²) in [5.74, 6) is 0.190. The Morgan fingerprint density at radius 3 is 2.53 bits per heavy atom. The van der Waals surface area contributed by atoms with Gasteiger partial charge in [0.05, 0.1) is 19.0 Å². The molecule has 19 heavy (non-hydrogen) atoms. The summed E-state index contributed by atoms with van der Waals surface area (Å²) in [5.41, 5.74) is 0. The predicted molar refractivity (Wildman–Crippen MR) is 76.8 cm³/mol. The predicted octanol–water partition coefficient (Wildman–Crippen LogP) is -0.374. The molecule has 0 amide bonds. The Morgan fingerprint density at radius 1 is 1.21 bits per heavy atom. The van der Waals surface area contributed by atoms with Crippen LogP contribution >= 0.6 is 0 Å². The molecule has 0 unspecified atom stereocenters. The first-order valence-electron chi connectivity index (χ1n) is 7.00. The molecule has 0 saturated carbocycles. The van der Waals surface area contributed by atoms with E-state index < -0.39 is 10.0 Å². The van der Waals surface area contributed by atoms with E-state index in [-0.39, 0.29) is 5.75 Å². The smallest absolute Gasteiger partial charge is 0.211 e. The van der Waals surface area contributed by atoms with Crippen molar-refractivity contribution in [1.82, 2.24) is 14.9 Å². The molecule has 1 aliphatic heterocycles. The van der Waals surface area contributed by atoms with Gasteiger partial charge < -0.3 is 10.1 Å².